The minimum atomic E-state index is -0.980. The molecule has 2 N–H and O–H groups in total. The largest absolute Gasteiger partial charge is 0.436 e. The Bertz CT molecular complexity index is 1900. The molecule has 5 aromatic rings. The van der Waals surface area contributed by atoms with Crippen molar-refractivity contribution < 1.29 is 14.3 Å². The molecular formula is C35H38N8O4. The van der Waals surface area contributed by atoms with Crippen molar-refractivity contribution in [1.29, 1.82) is 0 Å². The Morgan fingerprint density at radius 1 is 0.957 bits per heavy atom. The van der Waals surface area contributed by atoms with E-state index in [0.29, 0.717) is 52.1 Å². The molecule has 0 radical (unpaired) electrons. The standard InChI is InChI=1S/C35H38N8O4/c1-24-19-25(20-27-22-37-39-32(24)27)21-30(33(44)41-17-15-40(16-18-41)31-9-5-6-12-36-31)47-35(46)42-13-10-28(11-14-42)43-23-29(38-34(43)45)26-7-3-2-4-8-26/h2-9,12,19-20,22-23,28,30H,10-11,13-18,21H2,1H3,(H,37,39)(H,38,45). The lowest BCUT2D eigenvalue weighted by atomic mass is 10.0. The third-order valence-electron chi connectivity index (χ3n) is 9.26. The Morgan fingerprint density at radius 3 is 2.47 bits per heavy atom. The number of nitrogens with one attached hydrogen (secondary N) is 2. The average molecular weight is 635 g/mol. The highest BCUT2D eigenvalue weighted by Crippen LogP contribution is 2.26. The molecule has 7 rings (SSSR count). The van der Waals surface area contributed by atoms with Crippen LogP contribution < -0.4 is 10.6 Å². The van der Waals surface area contributed by atoms with Crippen LogP contribution in [0.3, 0.4) is 0 Å². The van der Waals surface area contributed by atoms with Crippen molar-refractivity contribution in [3.05, 3.63) is 101 Å². The predicted octanol–water partition coefficient (Wildman–Crippen LogP) is 4.16. The van der Waals surface area contributed by atoms with Crippen molar-refractivity contribution in [3.63, 3.8) is 0 Å². The number of pyridine rings is 1. The number of nitrogens with zero attached hydrogens (tertiary/aromatic N) is 6. The maximum atomic E-state index is 14.0. The number of benzene rings is 2. The van der Waals surface area contributed by atoms with E-state index in [1.807, 2.05) is 73.8 Å². The Labute approximate surface area is 272 Å². The number of ether oxygens (including phenoxy) is 1. The van der Waals surface area contributed by atoms with Crippen molar-refractivity contribution in [2.24, 2.45) is 0 Å². The lowest BCUT2D eigenvalue weighted by Gasteiger charge is -2.37. The summed E-state index contributed by atoms with van der Waals surface area (Å²) in [7, 11) is 0. The number of likely N-dealkylation sites (tertiary alicyclic amines) is 1. The topological polar surface area (TPSA) is 132 Å². The van der Waals surface area contributed by atoms with Crippen LogP contribution in [0.15, 0.2) is 84.0 Å². The zero-order valence-corrected chi connectivity index (χ0v) is 26.3. The number of carbonyl (C=O) groups is 2. The Hall–Kier alpha value is -5.39. The van der Waals surface area contributed by atoms with Crippen LogP contribution in [0.2, 0.25) is 0 Å². The lowest BCUT2D eigenvalue weighted by molar-refractivity contribution is -0.141. The quantitative estimate of drug-likeness (QED) is 0.275. The average Bonchev–Trinajstić information content (AvgIpc) is 3.76. The number of imidazole rings is 1. The number of carbonyl (C=O) groups excluding carboxylic acids is 2. The first kappa shape index (κ1) is 30.3. The third-order valence-corrected chi connectivity index (χ3v) is 9.26. The molecule has 5 heterocycles. The van der Waals surface area contributed by atoms with Crippen molar-refractivity contribution >= 4 is 28.7 Å². The van der Waals surface area contributed by atoms with Gasteiger partial charge in [-0.1, -0.05) is 42.5 Å². The molecule has 47 heavy (non-hydrogen) atoms. The fraction of sp³-hybridized carbons (Fsp3) is 0.343. The van der Waals surface area contributed by atoms with Gasteiger partial charge < -0.3 is 24.4 Å². The fourth-order valence-electron chi connectivity index (χ4n) is 6.69. The number of amides is 2. The van der Waals surface area contributed by atoms with Crippen molar-refractivity contribution in [2.75, 3.05) is 44.2 Å². The molecule has 0 saturated carbocycles. The van der Waals surface area contributed by atoms with E-state index in [1.54, 1.807) is 26.8 Å². The first-order valence-corrected chi connectivity index (χ1v) is 16.1. The van der Waals surface area contributed by atoms with Crippen LogP contribution in [0.1, 0.15) is 30.0 Å². The molecule has 12 nitrogen and oxygen atoms in total. The number of hydrogen-bond acceptors (Lipinski definition) is 7. The van der Waals surface area contributed by atoms with Crippen molar-refractivity contribution in [1.82, 2.24) is 34.5 Å². The number of rotatable bonds is 7. The zero-order valence-electron chi connectivity index (χ0n) is 26.3. The summed E-state index contributed by atoms with van der Waals surface area (Å²) in [5.74, 6) is 0.680. The van der Waals surface area contributed by atoms with E-state index in [0.717, 1.165) is 39.1 Å². The van der Waals surface area contributed by atoms with Gasteiger partial charge in [-0.25, -0.2) is 14.6 Å². The van der Waals surface area contributed by atoms with Gasteiger partial charge in [0.05, 0.1) is 17.4 Å². The number of aromatic amines is 2. The summed E-state index contributed by atoms with van der Waals surface area (Å²) in [6.45, 7) is 5.13. The summed E-state index contributed by atoms with van der Waals surface area (Å²) in [6, 6.07) is 19.5. The van der Waals surface area contributed by atoms with Gasteiger partial charge in [0.15, 0.2) is 6.10 Å². The summed E-state index contributed by atoms with van der Waals surface area (Å²) in [6.07, 6.45) is 5.35. The molecule has 2 amide bonds. The van der Waals surface area contributed by atoms with Crippen LogP contribution in [-0.2, 0) is 16.0 Å². The number of aromatic nitrogens is 5. The van der Waals surface area contributed by atoms with Gasteiger partial charge >= 0.3 is 11.8 Å². The number of anilines is 1. The molecule has 3 aromatic heterocycles. The smallest absolute Gasteiger partial charge is 0.410 e. The molecule has 1 unspecified atom stereocenters. The monoisotopic (exact) mass is 634 g/mol. The lowest BCUT2D eigenvalue weighted by Crippen LogP contribution is -2.53. The molecule has 2 fully saturated rings. The van der Waals surface area contributed by atoms with E-state index >= 15 is 0 Å². The van der Waals surface area contributed by atoms with Crippen molar-refractivity contribution in [2.45, 2.75) is 38.3 Å². The van der Waals surface area contributed by atoms with Crippen LogP contribution >= 0.6 is 0 Å². The Morgan fingerprint density at radius 2 is 1.72 bits per heavy atom. The zero-order chi connectivity index (χ0) is 32.3. The van der Waals surface area contributed by atoms with Crippen LogP contribution in [0.4, 0.5) is 10.6 Å². The Kier molecular flexibility index (Phi) is 8.47. The number of H-pyrrole nitrogens is 2. The first-order valence-electron chi connectivity index (χ1n) is 16.1. The molecule has 242 valence electrons. The van der Waals surface area contributed by atoms with Gasteiger partial charge in [0.2, 0.25) is 0 Å². The van der Waals surface area contributed by atoms with Crippen LogP contribution in [0.5, 0.6) is 0 Å². The van der Waals surface area contributed by atoms with Gasteiger partial charge in [0, 0.05) is 69.5 Å². The molecule has 1 atom stereocenters. The Balaban J connectivity index is 1.03. The number of piperidine rings is 1. The molecule has 2 saturated heterocycles. The summed E-state index contributed by atoms with van der Waals surface area (Å²) in [5, 5.41) is 8.11. The maximum Gasteiger partial charge on any atom is 0.410 e. The second-order valence-electron chi connectivity index (χ2n) is 12.3. The van der Waals surface area contributed by atoms with Gasteiger partial charge in [-0.15, -0.1) is 0 Å². The van der Waals surface area contributed by atoms with E-state index in [4.69, 9.17) is 4.74 Å². The molecule has 2 aromatic carbocycles. The normalized spacial score (nSPS) is 16.4. The molecule has 0 aliphatic carbocycles. The van der Waals surface area contributed by atoms with Gasteiger partial charge in [0.1, 0.15) is 5.82 Å². The fourth-order valence-corrected chi connectivity index (χ4v) is 6.69. The SMILES string of the molecule is Cc1cc(CC(OC(=O)N2CCC(n3cc(-c4ccccc4)[nH]c3=O)CC2)C(=O)N2CCN(c3ccccn3)CC2)cc2cn[nH]c12. The van der Waals surface area contributed by atoms with Crippen LogP contribution in [0.25, 0.3) is 22.2 Å². The van der Waals surface area contributed by atoms with Gasteiger partial charge in [-0.05, 0) is 54.7 Å². The highest BCUT2D eigenvalue weighted by atomic mass is 16.6. The van der Waals surface area contributed by atoms with E-state index < -0.39 is 12.2 Å². The van der Waals surface area contributed by atoms with E-state index in [1.165, 1.54) is 0 Å². The van der Waals surface area contributed by atoms with Crippen LogP contribution in [-0.4, -0.2) is 91.9 Å². The third kappa shape index (κ3) is 6.49. The van der Waals surface area contributed by atoms with Gasteiger partial charge in [-0.2, -0.15) is 5.10 Å². The molecule has 2 aliphatic rings. The summed E-state index contributed by atoms with van der Waals surface area (Å²) < 4.78 is 7.78. The predicted molar refractivity (Wildman–Crippen MR) is 178 cm³/mol. The summed E-state index contributed by atoms with van der Waals surface area (Å²) >= 11 is 0. The minimum absolute atomic E-state index is 0.0437. The maximum absolute atomic E-state index is 14.0. The number of aryl methyl sites for hydroxylation is 1. The molecule has 2 aliphatic heterocycles. The first-order chi connectivity index (χ1) is 22.9. The van der Waals surface area contributed by atoms with E-state index in [2.05, 4.69) is 25.1 Å². The molecule has 12 heteroatoms. The van der Waals surface area contributed by atoms with Crippen LogP contribution in [0, 0.1) is 6.92 Å². The molecular weight excluding hydrogens is 596 g/mol. The highest BCUT2D eigenvalue weighted by molar-refractivity contribution is 5.85. The highest BCUT2D eigenvalue weighted by Gasteiger charge is 2.34. The van der Waals surface area contributed by atoms with E-state index in [-0.39, 0.29) is 24.1 Å². The summed E-state index contributed by atoms with van der Waals surface area (Å²) in [4.78, 5) is 53.4. The van der Waals surface area contributed by atoms with Gasteiger partial charge in [0.25, 0.3) is 5.91 Å². The number of fused-ring (bicyclic) bond motifs is 1. The van der Waals surface area contributed by atoms with E-state index in [9.17, 15) is 14.4 Å². The number of hydrogen-bond donors (Lipinski definition) is 2. The van der Waals surface area contributed by atoms with Crippen molar-refractivity contribution in [3.8, 4) is 11.3 Å². The second kappa shape index (κ2) is 13.1. The minimum Gasteiger partial charge on any atom is -0.436 e. The number of piperazine rings is 1. The molecule has 0 spiro atoms. The van der Waals surface area contributed by atoms with Gasteiger partial charge in [-0.3, -0.25) is 14.5 Å². The molecule has 0 bridgehead atoms. The summed E-state index contributed by atoms with van der Waals surface area (Å²) in [5.41, 5.74) is 4.40. The second-order valence-corrected chi connectivity index (χ2v) is 12.3.